The van der Waals surface area contributed by atoms with Gasteiger partial charge in [-0.1, -0.05) is 0 Å². The molecule has 0 spiro atoms. The van der Waals surface area contributed by atoms with Gasteiger partial charge in [-0.3, -0.25) is 0 Å². The van der Waals surface area contributed by atoms with Crippen molar-refractivity contribution in [2.24, 2.45) is 5.18 Å². The van der Waals surface area contributed by atoms with Gasteiger partial charge in [0.25, 0.3) is 0 Å². The highest BCUT2D eigenvalue weighted by molar-refractivity contribution is 7.12. The SMILES string of the molecule is CCOC(=O)C(N=O)c1ccc(Cn2cnnn2)s1. The first-order chi connectivity index (χ1) is 9.24. The maximum absolute atomic E-state index is 11.6. The Morgan fingerprint density at radius 2 is 2.42 bits per heavy atom. The Bertz CT molecular complexity index is 553. The summed E-state index contributed by atoms with van der Waals surface area (Å²) in [4.78, 5) is 23.8. The summed E-state index contributed by atoms with van der Waals surface area (Å²) in [6, 6.07) is 2.39. The summed E-state index contributed by atoms with van der Waals surface area (Å²) in [5.74, 6) is -0.631. The molecule has 1 unspecified atom stereocenters. The molecule has 0 aliphatic rings. The van der Waals surface area contributed by atoms with E-state index < -0.39 is 12.0 Å². The zero-order valence-electron chi connectivity index (χ0n) is 10.1. The number of rotatable bonds is 6. The Balaban J connectivity index is 2.10. The lowest BCUT2D eigenvalue weighted by atomic mass is 10.2. The van der Waals surface area contributed by atoms with E-state index in [1.807, 2.05) is 0 Å². The number of ether oxygens (including phenoxy) is 1. The summed E-state index contributed by atoms with van der Waals surface area (Å²) in [5, 5.41) is 13.6. The average Bonchev–Trinajstić information content (AvgIpc) is 3.03. The van der Waals surface area contributed by atoms with Gasteiger partial charge in [-0.05, 0) is 34.7 Å². The first-order valence-corrected chi connectivity index (χ1v) is 6.34. The van der Waals surface area contributed by atoms with E-state index in [1.165, 1.54) is 17.7 Å². The van der Waals surface area contributed by atoms with E-state index in [4.69, 9.17) is 4.74 Å². The van der Waals surface area contributed by atoms with Gasteiger partial charge in [0, 0.05) is 9.75 Å². The second kappa shape index (κ2) is 6.14. The monoisotopic (exact) mass is 281 g/mol. The van der Waals surface area contributed by atoms with Gasteiger partial charge in [-0.25, -0.2) is 9.48 Å². The number of esters is 1. The van der Waals surface area contributed by atoms with Gasteiger partial charge >= 0.3 is 5.97 Å². The molecule has 2 rings (SSSR count). The summed E-state index contributed by atoms with van der Waals surface area (Å²) >= 11 is 1.31. The molecule has 2 heterocycles. The molecule has 0 aliphatic carbocycles. The molecular formula is C10H11N5O3S. The van der Waals surface area contributed by atoms with Crippen molar-refractivity contribution in [1.82, 2.24) is 20.2 Å². The third-order valence-corrected chi connectivity index (χ3v) is 3.40. The fraction of sp³-hybridized carbons (Fsp3) is 0.400. The molecule has 19 heavy (non-hydrogen) atoms. The highest BCUT2D eigenvalue weighted by Crippen LogP contribution is 2.27. The molecule has 0 radical (unpaired) electrons. The van der Waals surface area contributed by atoms with Crippen molar-refractivity contribution in [2.45, 2.75) is 19.5 Å². The molecule has 0 saturated heterocycles. The maximum Gasteiger partial charge on any atom is 0.340 e. The molecule has 2 aromatic heterocycles. The topological polar surface area (TPSA) is 99.3 Å². The fourth-order valence-corrected chi connectivity index (χ4v) is 2.49. The summed E-state index contributed by atoms with van der Waals surface area (Å²) in [6.45, 7) is 2.37. The van der Waals surface area contributed by atoms with Crippen LogP contribution in [0, 0.1) is 4.91 Å². The Hall–Kier alpha value is -2.16. The zero-order valence-corrected chi connectivity index (χ0v) is 10.9. The van der Waals surface area contributed by atoms with Crippen LogP contribution < -0.4 is 0 Å². The first-order valence-electron chi connectivity index (χ1n) is 5.53. The number of tetrazole rings is 1. The normalized spacial score (nSPS) is 12.1. The molecule has 100 valence electrons. The molecule has 2 aromatic rings. The molecule has 8 nitrogen and oxygen atoms in total. The van der Waals surface area contributed by atoms with Crippen molar-refractivity contribution in [1.29, 1.82) is 0 Å². The van der Waals surface area contributed by atoms with Gasteiger partial charge in [0.1, 0.15) is 6.33 Å². The largest absolute Gasteiger partial charge is 0.464 e. The van der Waals surface area contributed by atoms with Crippen molar-refractivity contribution in [3.63, 3.8) is 0 Å². The quantitative estimate of drug-likeness (QED) is 0.581. The van der Waals surface area contributed by atoms with Crippen molar-refractivity contribution in [3.8, 4) is 0 Å². The van der Waals surface area contributed by atoms with Gasteiger partial charge < -0.3 is 4.74 Å². The number of carbonyl (C=O) groups is 1. The van der Waals surface area contributed by atoms with Crippen LogP contribution in [0.25, 0.3) is 0 Å². The number of nitroso groups, excluding NO2 is 1. The molecular weight excluding hydrogens is 270 g/mol. The van der Waals surface area contributed by atoms with Gasteiger partial charge in [0.05, 0.1) is 13.2 Å². The van der Waals surface area contributed by atoms with Crippen molar-refractivity contribution < 1.29 is 9.53 Å². The average molecular weight is 281 g/mol. The third-order valence-electron chi connectivity index (χ3n) is 2.28. The van der Waals surface area contributed by atoms with Crippen LogP contribution in [0.3, 0.4) is 0 Å². The van der Waals surface area contributed by atoms with Crippen LogP contribution in [0.2, 0.25) is 0 Å². The van der Waals surface area contributed by atoms with Gasteiger partial charge in [0.15, 0.2) is 0 Å². The minimum absolute atomic E-state index is 0.216. The number of hydrogen-bond donors (Lipinski definition) is 0. The molecule has 0 N–H and O–H groups in total. The fourth-order valence-electron chi connectivity index (χ4n) is 1.47. The lowest BCUT2D eigenvalue weighted by Crippen LogP contribution is -2.12. The lowest BCUT2D eigenvalue weighted by molar-refractivity contribution is -0.144. The summed E-state index contributed by atoms with van der Waals surface area (Å²) in [5.41, 5.74) is 0. The number of nitrogens with zero attached hydrogens (tertiary/aromatic N) is 5. The van der Waals surface area contributed by atoms with Crippen molar-refractivity contribution >= 4 is 17.3 Å². The highest BCUT2D eigenvalue weighted by Gasteiger charge is 2.24. The second-order valence-electron chi connectivity index (χ2n) is 3.57. The van der Waals surface area contributed by atoms with Gasteiger partial charge in [-0.2, -0.15) is 0 Å². The van der Waals surface area contributed by atoms with Crippen LogP contribution in [0.15, 0.2) is 23.6 Å². The first kappa shape index (κ1) is 13.3. The van der Waals surface area contributed by atoms with Crippen LogP contribution >= 0.6 is 11.3 Å². The van der Waals surface area contributed by atoms with Crippen LogP contribution in [0.4, 0.5) is 0 Å². The second-order valence-corrected chi connectivity index (χ2v) is 4.77. The number of carbonyl (C=O) groups excluding carboxylic acids is 1. The smallest absolute Gasteiger partial charge is 0.340 e. The molecule has 0 amide bonds. The van der Waals surface area contributed by atoms with Gasteiger partial charge in [0.2, 0.25) is 6.04 Å². The molecule has 9 heteroatoms. The Labute approximate surface area is 112 Å². The standard InChI is InChI=1S/C10H11N5O3S/c1-2-18-10(16)9(12-17)8-4-3-7(19-8)5-15-6-11-13-14-15/h3-4,6,9H,2,5H2,1H3. The Kier molecular flexibility index (Phi) is 4.29. The molecule has 1 atom stereocenters. The number of thiophene rings is 1. The molecule has 0 aliphatic heterocycles. The van der Waals surface area contributed by atoms with Crippen LogP contribution in [0.5, 0.6) is 0 Å². The predicted octanol–water partition coefficient (Wildman–Crippen LogP) is 1.15. The van der Waals surface area contributed by atoms with Crippen LogP contribution in [0.1, 0.15) is 22.7 Å². The van der Waals surface area contributed by atoms with E-state index in [2.05, 4.69) is 20.7 Å². The summed E-state index contributed by atoms with van der Waals surface area (Å²) < 4.78 is 6.35. The Morgan fingerprint density at radius 1 is 1.58 bits per heavy atom. The summed E-state index contributed by atoms with van der Waals surface area (Å²) in [6.07, 6.45) is 1.49. The zero-order chi connectivity index (χ0) is 13.7. The minimum atomic E-state index is -1.10. The predicted molar refractivity (Wildman–Crippen MR) is 66.4 cm³/mol. The minimum Gasteiger partial charge on any atom is -0.464 e. The maximum atomic E-state index is 11.6. The van der Waals surface area contributed by atoms with E-state index in [9.17, 15) is 9.70 Å². The number of hydrogen-bond acceptors (Lipinski definition) is 8. The molecule has 0 saturated carbocycles. The Morgan fingerprint density at radius 3 is 3.05 bits per heavy atom. The van der Waals surface area contributed by atoms with E-state index in [-0.39, 0.29) is 6.61 Å². The highest BCUT2D eigenvalue weighted by atomic mass is 32.1. The molecule has 0 aromatic carbocycles. The van der Waals surface area contributed by atoms with Gasteiger partial charge in [-0.15, -0.1) is 21.3 Å². The van der Waals surface area contributed by atoms with E-state index in [0.29, 0.717) is 11.4 Å². The third kappa shape index (κ3) is 3.19. The number of aromatic nitrogens is 4. The molecule has 0 bridgehead atoms. The van der Waals surface area contributed by atoms with E-state index in [1.54, 1.807) is 23.7 Å². The van der Waals surface area contributed by atoms with Crippen molar-refractivity contribution in [3.05, 3.63) is 33.1 Å². The van der Waals surface area contributed by atoms with E-state index in [0.717, 1.165) is 4.88 Å². The lowest BCUT2D eigenvalue weighted by Gasteiger charge is -2.05. The van der Waals surface area contributed by atoms with Crippen molar-refractivity contribution in [2.75, 3.05) is 6.61 Å². The van der Waals surface area contributed by atoms with Crippen LogP contribution in [-0.4, -0.2) is 32.8 Å². The van der Waals surface area contributed by atoms with E-state index >= 15 is 0 Å². The molecule has 0 fully saturated rings. The van der Waals surface area contributed by atoms with Crippen LogP contribution in [-0.2, 0) is 16.1 Å². The summed E-state index contributed by atoms with van der Waals surface area (Å²) in [7, 11) is 0.